The van der Waals surface area contributed by atoms with Crippen LogP contribution >= 0.6 is 0 Å². The Kier molecular flexibility index (Phi) is 39.4. The van der Waals surface area contributed by atoms with E-state index in [9.17, 15) is 4.79 Å². The molecule has 0 heterocycles. The van der Waals surface area contributed by atoms with Gasteiger partial charge in [0.25, 0.3) is 0 Å². The van der Waals surface area contributed by atoms with Crippen LogP contribution in [0.5, 0.6) is 0 Å². The van der Waals surface area contributed by atoms with Crippen LogP contribution in [0.15, 0.2) is 0 Å². The van der Waals surface area contributed by atoms with Crippen LogP contribution in [-0.4, -0.2) is 118 Å². The second-order valence-electron chi connectivity index (χ2n) is 10.7. The molecule has 264 valence electrons. The molecule has 0 spiro atoms. The SMILES string of the molecule is CCCCCCCCCCCCCCCOCCOCCOCCOCCOCCOCCOCCOCCC(=O)OCC. The Balaban J connectivity index is 3.05. The minimum Gasteiger partial charge on any atom is -0.466 e. The van der Waals surface area contributed by atoms with Crippen LogP contribution in [0.25, 0.3) is 0 Å². The number of esters is 1. The zero-order valence-corrected chi connectivity index (χ0v) is 28.5. The quantitative estimate of drug-likeness (QED) is 0.0576. The van der Waals surface area contributed by atoms with E-state index in [1.54, 1.807) is 6.92 Å². The number of hydrogen-bond acceptors (Lipinski definition) is 10. The summed E-state index contributed by atoms with van der Waals surface area (Å²) >= 11 is 0. The van der Waals surface area contributed by atoms with Crippen molar-refractivity contribution < 1.29 is 47.4 Å². The molecule has 0 aromatic rings. The molecule has 10 heteroatoms. The van der Waals surface area contributed by atoms with E-state index in [0.29, 0.717) is 106 Å². The number of carbonyl (C=O) groups excluding carboxylic acids is 1. The summed E-state index contributed by atoms with van der Waals surface area (Å²) in [6.45, 7) is 13.0. The fourth-order valence-corrected chi connectivity index (χ4v) is 4.25. The first kappa shape index (κ1) is 43.1. The van der Waals surface area contributed by atoms with Crippen LogP contribution in [-0.2, 0) is 47.4 Å². The summed E-state index contributed by atoms with van der Waals surface area (Å²) in [7, 11) is 0. The average molecular weight is 637 g/mol. The van der Waals surface area contributed by atoms with Gasteiger partial charge in [-0.2, -0.15) is 0 Å². The van der Waals surface area contributed by atoms with Gasteiger partial charge in [0.15, 0.2) is 0 Å². The zero-order chi connectivity index (χ0) is 31.9. The summed E-state index contributed by atoms with van der Waals surface area (Å²) in [5.41, 5.74) is 0. The van der Waals surface area contributed by atoms with E-state index in [1.165, 1.54) is 77.0 Å². The Hall–Kier alpha value is -0.850. The predicted octanol–water partition coefficient (Wildman–Crippen LogP) is 6.16. The number of ether oxygens (including phenoxy) is 9. The number of carbonyl (C=O) groups is 1. The lowest BCUT2D eigenvalue weighted by Crippen LogP contribution is -2.15. The summed E-state index contributed by atoms with van der Waals surface area (Å²) in [6, 6.07) is 0. The monoisotopic (exact) mass is 636 g/mol. The lowest BCUT2D eigenvalue weighted by molar-refractivity contribution is -0.144. The third-order valence-corrected chi connectivity index (χ3v) is 6.75. The molecule has 0 fully saturated rings. The average Bonchev–Trinajstić information content (AvgIpc) is 3.02. The molecule has 0 saturated carbocycles. The van der Waals surface area contributed by atoms with Gasteiger partial charge in [-0.3, -0.25) is 4.79 Å². The zero-order valence-electron chi connectivity index (χ0n) is 28.5. The summed E-state index contributed by atoms with van der Waals surface area (Å²) in [5.74, 6) is -0.243. The lowest BCUT2D eigenvalue weighted by atomic mass is 10.0. The molecule has 0 aliphatic carbocycles. The second-order valence-corrected chi connectivity index (χ2v) is 10.7. The molecule has 0 aromatic carbocycles. The fraction of sp³-hybridized carbons (Fsp3) is 0.971. The van der Waals surface area contributed by atoms with Crippen LogP contribution < -0.4 is 0 Å². The third kappa shape index (κ3) is 39.2. The van der Waals surface area contributed by atoms with Gasteiger partial charge in [-0.15, -0.1) is 0 Å². The minimum atomic E-state index is -0.243. The van der Waals surface area contributed by atoms with Crippen molar-refractivity contribution in [3.63, 3.8) is 0 Å². The van der Waals surface area contributed by atoms with Crippen molar-refractivity contribution >= 4 is 5.97 Å². The van der Waals surface area contributed by atoms with Gasteiger partial charge in [-0.1, -0.05) is 84.0 Å². The van der Waals surface area contributed by atoms with E-state index in [2.05, 4.69) is 6.92 Å². The molecule has 0 saturated heterocycles. The maximum Gasteiger partial charge on any atom is 0.308 e. The first-order valence-corrected chi connectivity index (χ1v) is 17.6. The number of rotatable bonds is 39. The van der Waals surface area contributed by atoms with E-state index < -0.39 is 0 Å². The van der Waals surface area contributed by atoms with Gasteiger partial charge in [0.1, 0.15) is 0 Å². The summed E-state index contributed by atoms with van der Waals surface area (Å²) in [4.78, 5) is 11.1. The summed E-state index contributed by atoms with van der Waals surface area (Å²) < 4.78 is 48.7. The van der Waals surface area contributed by atoms with Crippen molar-refractivity contribution in [1.29, 1.82) is 0 Å². The molecule has 0 unspecified atom stereocenters. The van der Waals surface area contributed by atoms with Gasteiger partial charge >= 0.3 is 5.97 Å². The molecule has 0 aliphatic heterocycles. The van der Waals surface area contributed by atoms with Crippen molar-refractivity contribution in [1.82, 2.24) is 0 Å². The van der Waals surface area contributed by atoms with Crippen LogP contribution in [0.1, 0.15) is 104 Å². The molecule has 0 atom stereocenters. The molecule has 0 aromatic heterocycles. The first-order valence-electron chi connectivity index (χ1n) is 17.6. The molecule has 0 rings (SSSR count). The van der Waals surface area contributed by atoms with Gasteiger partial charge < -0.3 is 42.6 Å². The van der Waals surface area contributed by atoms with Crippen molar-refractivity contribution in [2.24, 2.45) is 0 Å². The maximum absolute atomic E-state index is 11.1. The normalized spacial score (nSPS) is 11.4. The predicted molar refractivity (Wildman–Crippen MR) is 173 cm³/mol. The number of unbranched alkanes of at least 4 members (excludes halogenated alkanes) is 12. The highest BCUT2D eigenvalue weighted by Crippen LogP contribution is 2.12. The second kappa shape index (κ2) is 40.2. The Morgan fingerprint density at radius 2 is 0.614 bits per heavy atom. The van der Waals surface area contributed by atoms with E-state index in [-0.39, 0.29) is 12.4 Å². The summed E-state index contributed by atoms with van der Waals surface area (Å²) in [5, 5.41) is 0. The fourth-order valence-electron chi connectivity index (χ4n) is 4.25. The van der Waals surface area contributed by atoms with Gasteiger partial charge in [-0.05, 0) is 13.3 Å². The highest BCUT2D eigenvalue weighted by molar-refractivity contribution is 5.69. The smallest absolute Gasteiger partial charge is 0.308 e. The number of hydrogen-bond donors (Lipinski definition) is 0. The molecule has 0 bridgehead atoms. The van der Waals surface area contributed by atoms with Crippen LogP contribution in [0.2, 0.25) is 0 Å². The van der Waals surface area contributed by atoms with Crippen molar-refractivity contribution in [2.75, 3.05) is 112 Å². The van der Waals surface area contributed by atoms with Gasteiger partial charge in [0.2, 0.25) is 0 Å². The largest absolute Gasteiger partial charge is 0.466 e. The van der Waals surface area contributed by atoms with E-state index in [1.807, 2.05) is 0 Å². The Labute approximate surface area is 269 Å². The highest BCUT2D eigenvalue weighted by Gasteiger charge is 2.01. The van der Waals surface area contributed by atoms with E-state index in [4.69, 9.17) is 42.6 Å². The topological polar surface area (TPSA) is 100 Å². The standard InChI is InChI=1S/C34H68O10/c1-3-5-6-7-8-9-10-11-12-13-14-15-16-18-36-20-22-38-24-26-40-28-30-42-32-33-43-31-29-41-27-25-39-23-21-37-19-17-34(35)44-4-2/h3-33H2,1-2H3. The molecule has 0 radical (unpaired) electrons. The lowest BCUT2D eigenvalue weighted by Gasteiger charge is -2.09. The van der Waals surface area contributed by atoms with Gasteiger partial charge in [-0.25, -0.2) is 0 Å². The third-order valence-electron chi connectivity index (χ3n) is 6.75. The molecule has 0 N–H and O–H groups in total. The molecule has 0 amide bonds. The molecule has 44 heavy (non-hydrogen) atoms. The summed E-state index contributed by atoms with van der Waals surface area (Å²) in [6.07, 6.45) is 18.1. The Morgan fingerprint density at radius 1 is 0.341 bits per heavy atom. The minimum absolute atomic E-state index is 0.243. The first-order chi connectivity index (χ1) is 21.8. The van der Waals surface area contributed by atoms with Gasteiger partial charge in [0, 0.05) is 6.61 Å². The maximum atomic E-state index is 11.1. The van der Waals surface area contributed by atoms with Crippen LogP contribution in [0.3, 0.4) is 0 Å². The van der Waals surface area contributed by atoms with Crippen molar-refractivity contribution in [3.8, 4) is 0 Å². The Morgan fingerprint density at radius 3 is 0.932 bits per heavy atom. The van der Waals surface area contributed by atoms with Crippen molar-refractivity contribution in [3.05, 3.63) is 0 Å². The van der Waals surface area contributed by atoms with Gasteiger partial charge in [0.05, 0.1) is 112 Å². The van der Waals surface area contributed by atoms with E-state index in [0.717, 1.165) is 13.0 Å². The van der Waals surface area contributed by atoms with E-state index >= 15 is 0 Å². The highest BCUT2D eigenvalue weighted by atomic mass is 16.6. The molecule has 10 nitrogen and oxygen atoms in total. The van der Waals surface area contributed by atoms with Crippen molar-refractivity contribution in [2.45, 2.75) is 104 Å². The van der Waals surface area contributed by atoms with Crippen LogP contribution in [0, 0.1) is 0 Å². The van der Waals surface area contributed by atoms with Crippen LogP contribution in [0.4, 0.5) is 0 Å². The molecular formula is C34H68O10. The molecule has 0 aliphatic rings. The molecular weight excluding hydrogens is 568 g/mol. The Bertz CT molecular complexity index is 538.